The molecule has 1 aromatic carbocycles. The summed E-state index contributed by atoms with van der Waals surface area (Å²) in [5, 5.41) is 12.0. The van der Waals surface area contributed by atoms with Crippen molar-refractivity contribution in [3.8, 4) is 0 Å². The van der Waals surface area contributed by atoms with Crippen molar-refractivity contribution >= 4 is 17.7 Å². The van der Waals surface area contributed by atoms with Crippen LogP contribution in [0.3, 0.4) is 0 Å². The fraction of sp³-hybridized carbons (Fsp3) is 0.500. The van der Waals surface area contributed by atoms with E-state index in [1.807, 2.05) is 44.2 Å². The van der Waals surface area contributed by atoms with Crippen molar-refractivity contribution in [2.24, 2.45) is 5.92 Å². The van der Waals surface area contributed by atoms with E-state index in [2.05, 4.69) is 5.32 Å². The molecule has 1 rings (SSSR count). The molecule has 0 spiro atoms. The first-order valence-corrected chi connectivity index (χ1v) is 7.20. The lowest BCUT2D eigenvalue weighted by molar-refractivity contribution is -0.122. The van der Waals surface area contributed by atoms with Crippen LogP contribution in [0, 0.1) is 5.92 Å². The van der Waals surface area contributed by atoms with Gasteiger partial charge in [0.15, 0.2) is 0 Å². The highest BCUT2D eigenvalue weighted by molar-refractivity contribution is 7.99. The highest BCUT2D eigenvalue weighted by Gasteiger charge is 2.14. The normalized spacial score (nSPS) is 12.4. The number of nitrogens with one attached hydrogen (secondary N) is 1. The van der Waals surface area contributed by atoms with Crippen LogP contribution in [0.5, 0.6) is 0 Å². The Kier molecular flexibility index (Phi) is 6.83. The fourth-order valence-corrected chi connectivity index (χ4v) is 2.35. The number of hydrogen-bond donors (Lipinski definition) is 2. The number of amides is 1. The highest BCUT2D eigenvalue weighted by Crippen LogP contribution is 2.17. The molecule has 0 saturated heterocycles. The minimum atomic E-state index is -0.140. The molecule has 1 amide bonds. The average molecular weight is 267 g/mol. The number of benzene rings is 1. The Hall–Kier alpha value is -1.00. The van der Waals surface area contributed by atoms with Gasteiger partial charge < -0.3 is 10.4 Å². The van der Waals surface area contributed by atoms with Crippen LogP contribution in [-0.2, 0) is 4.79 Å². The molecule has 0 saturated carbocycles. The maximum atomic E-state index is 11.7. The minimum absolute atomic E-state index is 0.00473. The zero-order valence-electron chi connectivity index (χ0n) is 10.9. The van der Waals surface area contributed by atoms with E-state index < -0.39 is 0 Å². The van der Waals surface area contributed by atoms with Crippen LogP contribution >= 0.6 is 11.8 Å². The van der Waals surface area contributed by atoms with Gasteiger partial charge in [0.05, 0.1) is 12.6 Å². The van der Waals surface area contributed by atoms with Gasteiger partial charge in [-0.2, -0.15) is 0 Å². The molecule has 100 valence electrons. The Morgan fingerprint density at radius 2 is 2.00 bits per heavy atom. The number of carbonyl (C=O) groups excluding carboxylic acids is 1. The van der Waals surface area contributed by atoms with Crippen molar-refractivity contribution in [1.82, 2.24) is 5.32 Å². The van der Waals surface area contributed by atoms with Crippen LogP contribution < -0.4 is 5.32 Å². The molecule has 4 heteroatoms. The van der Waals surface area contributed by atoms with Crippen LogP contribution in [0.1, 0.15) is 20.3 Å². The van der Waals surface area contributed by atoms with E-state index in [1.54, 1.807) is 11.8 Å². The largest absolute Gasteiger partial charge is 0.394 e. The molecular formula is C14H21NO2S. The van der Waals surface area contributed by atoms with Gasteiger partial charge in [0.25, 0.3) is 0 Å². The van der Waals surface area contributed by atoms with E-state index in [0.717, 1.165) is 5.75 Å². The maximum Gasteiger partial charge on any atom is 0.221 e. The molecule has 0 aliphatic rings. The maximum absolute atomic E-state index is 11.7. The zero-order valence-corrected chi connectivity index (χ0v) is 11.7. The van der Waals surface area contributed by atoms with Crippen LogP contribution in [0.25, 0.3) is 0 Å². The number of carbonyl (C=O) groups is 1. The van der Waals surface area contributed by atoms with E-state index in [9.17, 15) is 4.79 Å². The second kappa shape index (κ2) is 8.16. The topological polar surface area (TPSA) is 49.3 Å². The van der Waals surface area contributed by atoms with Gasteiger partial charge in [0.2, 0.25) is 5.91 Å². The Morgan fingerprint density at radius 1 is 1.33 bits per heavy atom. The molecule has 0 unspecified atom stereocenters. The predicted molar refractivity (Wildman–Crippen MR) is 75.6 cm³/mol. The lowest BCUT2D eigenvalue weighted by atomic mass is 10.1. The molecule has 0 aliphatic heterocycles. The van der Waals surface area contributed by atoms with Gasteiger partial charge in [-0.05, 0) is 18.1 Å². The highest BCUT2D eigenvalue weighted by atomic mass is 32.2. The van der Waals surface area contributed by atoms with Crippen LogP contribution in [0.15, 0.2) is 35.2 Å². The van der Waals surface area contributed by atoms with E-state index in [0.29, 0.717) is 6.42 Å². The van der Waals surface area contributed by atoms with Crippen LogP contribution in [0.2, 0.25) is 0 Å². The minimum Gasteiger partial charge on any atom is -0.394 e. The molecule has 3 nitrogen and oxygen atoms in total. The summed E-state index contributed by atoms with van der Waals surface area (Å²) in [5.41, 5.74) is 0. The third kappa shape index (κ3) is 5.56. The van der Waals surface area contributed by atoms with E-state index in [4.69, 9.17) is 5.11 Å². The Morgan fingerprint density at radius 3 is 2.56 bits per heavy atom. The number of thioether (sulfide) groups is 1. The first kappa shape index (κ1) is 15.1. The van der Waals surface area contributed by atoms with Gasteiger partial charge in [-0.15, -0.1) is 11.8 Å². The lowest BCUT2D eigenvalue weighted by Gasteiger charge is -2.19. The second-order valence-corrected chi connectivity index (χ2v) is 5.68. The summed E-state index contributed by atoms with van der Waals surface area (Å²) in [6.07, 6.45) is 0.475. The summed E-state index contributed by atoms with van der Waals surface area (Å²) in [6.45, 7) is 3.97. The predicted octanol–water partition coefficient (Wildman–Crippen LogP) is 2.30. The van der Waals surface area contributed by atoms with E-state index in [1.165, 1.54) is 4.90 Å². The molecule has 0 heterocycles. The molecule has 0 bridgehead atoms. The standard InChI is InChI=1S/C14H21NO2S/c1-11(2)13(10-16)15-14(17)8-9-18-12-6-4-3-5-7-12/h3-7,11,13,16H,8-10H2,1-2H3,(H,15,17)/t13-/m1/s1. The van der Waals surface area contributed by atoms with Gasteiger partial charge >= 0.3 is 0 Å². The van der Waals surface area contributed by atoms with Gasteiger partial charge in [0, 0.05) is 17.1 Å². The van der Waals surface area contributed by atoms with Crippen molar-refractivity contribution in [3.63, 3.8) is 0 Å². The number of aliphatic hydroxyl groups is 1. The van der Waals surface area contributed by atoms with Crippen molar-refractivity contribution < 1.29 is 9.90 Å². The van der Waals surface area contributed by atoms with Crippen molar-refractivity contribution in [2.45, 2.75) is 31.2 Å². The van der Waals surface area contributed by atoms with E-state index >= 15 is 0 Å². The number of hydrogen-bond acceptors (Lipinski definition) is 3. The number of rotatable bonds is 7. The summed E-state index contributed by atoms with van der Waals surface area (Å²) < 4.78 is 0. The van der Waals surface area contributed by atoms with Gasteiger partial charge in [-0.1, -0.05) is 32.0 Å². The Balaban J connectivity index is 2.25. The molecule has 0 radical (unpaired) electrons. The first-order valence-electron chi connectivity index (χ1n) is 6.21. The molecule has 1 aromatic rings. The molecule has 18 heavy (non-hydrogen) atoms. The van der Waals surface area contributed by atoms with Crippen molar-refractivity contribution in [3.05, 3.63) is 30.3 Å². The fourth-order valence-electron chi connectivity index (χ4n) is 1.48. The smallest absolute Gasteiger partial charge is 0.221 e. The average Bonchev–Trinajstić information content (AvgIpc) is 2.37. The summed E-state index contributed by atoms with van der Waals surface area (Å²) in [6, 6.07) is 9.89. The lowest BCUT2D eigenvalue weighted by Crippen LogP contribution is -2.41. The summed E-state index contributed by atoms with van der Waals surface area (Å²) >= 11 is 1.67. The van der Waals surface area contributed by atoms with Crippen molar-refractivity contribution in [1.29, 1.82) is 0 Å². The summed E-state index contributed by atoms with van der Waals surface area (Å²) in [4.78, 5) is 12.8. The first-order chi connectivity index (χ1) is 8.63. The molecule has 0 aromatic heterocycles. The van der Waals surface area contributed by atoms with Gasteiger partial charge in [-0.3, -0.25) is 4.79 Å². The molecule has 2 N–H and O–H groups in total. The Bertz CT molecular complexity index is 354. The molecular weight excluding hydrogens is 246 g/mol. The van der Waals surface area contributed by atoms with E-state index in [-0.39, 0.29) is 24.5 Å². The van der Waals surface area contributed by atoms with Crippen LogP contribution in [0.4, 0.5) is 0 Å². The monoisotopic (exact) mass is 267 g/mol. The SMILES string of the molecule is CC(C)[C@@H](CO)NC(=O)CCSc1ccccc1. The third-order valence-corrected chi connectivity index (χ3v) is 3.70. The summed E-state index contributed by atoms with van der Waals surface area (Å²) in [7, 11) is 0. The molecule has 1 atom stereocenters. The van der Waals surface area contributed by atoms with Crippen molar-refractivity contribution in [2.75, 3.05) is 12.4 Å². The second-order valence-electron chi connectivity index (χ2n) is 4.51. The Labute approximate surface area is 113 Å². The third-order valence-electron chi connectivity index (χ3n) is 2.69. The zero-order chi connectivity index (χ0) is 13.4. The van der Waals surface area contributed by atoms with Gasteiger partial charge in [-0.25, -0.2) is 0 Å². The quantitative estimate of drug-likeness (QED) is 0.745. The van der Waals surface area contributed by atoms with Gasteiger partial charge in [0.1, 0.15) is 0 Å². The van der Waals surface area contributed by atoms with Crippen LogP contribution in [-0.4, -0.2) is 29.4 Å². The molecule has 0 fully saturated rings. The molecule has 0 aliphatic carbocycles. The number of aliphatic hydroxyl groups excluding tert-OH is 1. The summed E-state index contributed by atoms with van der Waals surface area (Å²) in [5.74, 6) is 1.01.